The molecule has 0 aromatic rings. The van der Waals surface area contributed by atoms with Crippen LogP contribution in [0.3, 0.4) is 0 Å². The molecule has 80 heavy (non-hydrogen) atoms. The first-order chi connectivity index (χ1) is 37.5. The molecule has 0 aromatic heterocycles. The van der Waals surface area contributed by atoms with E-state index in [9.17, 15) is 67.7 Å². The summed E-state index contributed by atoms with van der Waals surface area (Å²) in [6.45, 7) is 22.1. The molecule has 6 rings (SSSR count). The first-order valence-corrected chi connectivity index (χ1v) is 28.3. The van der Waals surface area contributed by atoms with Gasteiger partial charge in [-0.3, -0.25) is 67.3 Å². The molecule has 6 aliphatic heterocycles. The van der Waals surface area contributed by atoms with E-state index in [2.05, 4.69) is 42.5 Å². The molecule has 4 bridgehead atoms. The molecule has 452 valence electrons. The second kappa shape index (κ2) is 32.1. The summed E-state index contributed by atoms with van der Waals surface area (Å²) < 4.78 is 0. The number of carboxylic acid groups (broad SMARTS) is 2. The second-order valence-electron chi connectivity index (χ2n) is 23.2. The number of piperazine rings is 2. The Morgan fingerprint density at radius 1 is 0.412 bits per heavy atom. The summed E-state index contributed by atoms with van der Waals surface area (Å²) in [6, 6.07) is -10.5. The molecule has 0 spiro atoms. The highest BCUT2D eigenvalue weighted by Gasteiger charge is 2.39. The van der Waals surface area contributed by atoms with Gasteiger partial charge < -0.3 is 62.5 Å². The molecule has 0 saturated carbocycles. The third-order valence-electron chi connectivity index (χ3n) is 14.9. The van der Waals surface area contributed by atoms with Crippen LogP contribution in [0.1, 0.15) is 122 Å². The molecule has 0 radical (unpaired) electrons. The highest BCUT2D eigenvalue weighted by Crippen LogP contribution is 2.17. The van der Waals surface area contributed by atoms with Crippen molar-refractivity contribution in [1.29, 1.82) is 0 Å². The first kappa shape index (κ1) is 67.8. The monoisotopic (exact) mass is 1130 g/mol. The zero-order valence-corrected chi connectivity index (χ0v) is 49.0. The molecule has 6 aliphatic rings. The number of aliphatic carboxylic acids is 2. The van der Waals surface area contributed by atoms with E-state index in [1.165, 1.54) is 9.80 Å². The third kappa shape index (κ3) is 21.2. The van der Waals surface area contributed by atoms with Crippen molar-refractivity contribution in [1.82, 2.24) is 62.1 Å². The van der Waals surface area contributed by atoms with E-state index < -0.39 is 156 Å². The van der Waals surface area contributed by atoms with E-state index in [0.29, 0.717) is 12.8 Å². The van der Waals surface area contributed by atoms with Crippen molar-refractivity contribution in [3.8, 4) is 0 Å². The van der Waals surface area contributed by atoms with Crippen LogP contribution < -0.4 is 42.5 Å². The predicted molar refractivity (Wildman–Crippen MR) is 293 cm³/mol. The lowest BCUT2D eigenvalue weighted by Gasteiger charge is -2.37. The summed E-state index contributed by atoms with van der Waals surface area (Å²) in [5.41, 5.74) is 0. The van der Waals surface area contributed by atoms with Crippen molar-refractivity contribution in [2.75, 3.05) is 65.4 Å². The van der Waals surface area contributed by atoms with Gasteiger partial charge in [0.1, 0.15) is 48.3 Å². The van der Waals surface area contributed by atoms with Crippen LogP contribution in [0.25, 0.3) is 0 Å². The van der Waals surface area contributed by atoms with Crippen molar-refractivity contribution in [2.24, 2.45) is 35.5 Å². The van der Waals surface area contributed by atoms with Crippen molar-refractivity contribution in [3.05, 3.63) is 0 Å². The third-order valence-corrected chi connectivity index (χ3v) is 14.9. The number of hydrogen-bond donors (Lipinski definition) is 10. The van der Waals surface area contributed by atoms with Gasteiger partial charge in [-0.15, -0.1) is 0 Å². The van der Waals surface area contributed by atoms with E-state index >= 15 is 0 Å². The number of amides is 10. The molecule has 10 N–H and O–H groups in total. The highest BCUT2D eigenvalue weighted by atomic mass is 16.4. The SMILES string of the molecule is CC[C@H](C)[C@@H]1NC(=O)CN2CCN(CC2)C(=O)[C@H](C(C)C)NC(=O)[C@H](CC(=O)O)NC(=O)[C@H](CC(C)C)NC(=O)[C@H]([C@@H](C)CC)NC(=O)CN2CCN(CC2)C(=O)[C@H](C(C)C)NC(=O)[C@H](CC(=O)O)NC(=O)[C@H](CC(C)C)NC1=O. The topological polar surface area (TPSA) is 354 Å². The largest absolute Gasteiger partial charge is 0.481 e. The average molecular weight is 1130 g/mol. The maximum atomic E-state index is 14.1. The summed E-state index contributed by atoms with van der Waals surface area (Å²) in [5, 5.41) is 41.1. The van der Waals surface area contributed by atoms with Gasteiger partial charge in [-0.1, -0.05) is 95.9 Å². The Balaban J connectivity index is 2.04. The number of rotatable bonds is 14. The number of carboxylic acids is 2. The Kier molecular flexibility index (Phi) is 27.2. The fourth-order valence-electron chi connectivity index (χ4n) is 9.67. The molecule has 0 aromatic carbocycles. The van der Waals surface area contributed by atoms with Crippen molar-refractivity contribution in [2.45, 2.75) is 170 Å². The average Bonchev–Trinajstić information content (AvgIpc) is 3.37. The molecule has 0 unspecified atom stereocenters. The van der Waals surface area contributed by atoms with Gasteiger partial charge in [0.25, 0.3) is 0 Å². The zero-order valence-electron chi connectivity index (χ0n) is 49.0. The Morgan fingerprint density at radius 3 is 0.963 bits per heavy atom. The Hall–Kier alpha value is -6.44. The smallest absolute Gasteiger partial charge is 0.305 e. The van der Waals surface area contributed by atoms with Gasteiger partial charge in [0, 0.05) is 52.4 Å². The van der Waals surface area contributed by atoms with Crippen molar-refractivity contribution < 1.29 is 67.7 Å². The minimum Gasteiger partial charge on any atom is -0.481 e. The van der Waals surface area contributed by atoms with Gasteiger partial charge in [-0.25, -0.2) is 0 Å². The summed E-state index contributed by atoms with van der Waals surface area (Å²) in [6.07, 6.45) is -0.697. The normalized spacial score (nSPS) is 28.4. The maximum absolute atomic E-state index is 14.1. The summed E-state index contributed by atoms with van der Waals surface area (Å²) in [5.74, 6) is -12.1. The van der Waals surface area contributed by atoms with Crippen LogP contribution in [0.15, 0.2) is 0 Å². The summed E-state index contributed by atoms with van der Waals surface area (Å²) in [4.78, 5) is 171. The van der Waals surface area contributed by atoms with Crippen LogP contribution in [0.5, 0.6) is 0 Å². The van der Waals surface area contributed by atoms with Gasteiger partial charge in [-0.2, -0.15) is 0 Å². The van der Waals surface area contributed by atoms with Crippen molar-refractivity contribution >= 4 is 71.0 Å². The first-order valence-electron chi connectivity index (χ1n) is 28.3. The molecule has 26 nitrogen and oxygen atoms in total. The fraction of sp³-hybridized carbons (Fsp3) is 0.778. The van der Waals surface area contributed by atoms with Crippen LogP contribution in [-0.2, 0) is 57.5 Å². The van der Waals surface area contributed by atoms with E-state index in [1.807, 2.05) is 13.8 Å². The van der Waals surface area contributed by atoms with Gasteiger partial charge in [0.05, 0.1) is 25.9 Å². The van der Waals surface area contributed by atoms with E-state index in [0.717, 1.165) is 0 Å². The zero-order chi connectivity index (χ0) is 60.3. The lowest BCUT2D eigenvalue weighted by Crippen LogP contribution is -2.62. The molecule has 10 atom stereocenters. The molecule has 6 fully saturated rings. The highest BCUT2D eigenvalue weighted by molar-refractivity contribution is 5.99. The second-order valence-corrected chi connectivity index (χ2v) is 23.2. The van der Waals surface area contributed by atoms with Crippen LogP contribution in [0.4, 0.5) is 0 Å². The van der Waals surface area contributed by atoms with Crippen LogP contribution in [-0.4, -0.2) is 215 Å². The number of nitrogens with one attached hydrogen (secondary N) is 8. The quantitative estimate of drug-likeness (QED) is 0.0958. The van der Waals surface area contributed by atoms with E-state index in [1.54, 1.807) is 79.0 Å². The van der Waals surface area contributed by atoms with Gasteiger partial charge >= 0.3 is 11.9 Å². The lowest BCUT2D eigenvalue weighted by molar-refractivity contribution is -0.143. The maximum Gasteiger partial charge on any atom is 0.305 e. The molecule has 0 aliphatic carbocycles. The van der Waals surface area contributed by atoms with Gasteiger partial charge in [0.2, 0.25) is 59.1 Å². The minimum absolute atomic E-state index is 0.0668. The molecule has 6 saturated heterocycles. The van der Waals surface area contributed by atoms with Crippen LogP contribution >= 0.6 is 0 Å². The molecular weight excluding hydrogens is 1040 g/mol. The minimum atomic E-state index is -1.67. The Labute approximate surface area is 470 Å². The molecule has 6 heterocycles. The van der Waals surface area contributed by atoms with Crippen LogP contribution in [0.2, 0.25) is 0 Å². The number of carbonyl (C=O) groups excluding carboxylic acids is 10. The fourth-order valence-corrected chi connectivity index (χ4v) is 9.67. The molecule has 26 heteroatoms. The summed E-state index contributed by atoms with van der Waals surface area (Å²) in [7, 11) is 0. The summed E-state index contributed by atoms with van der Waals surface area (Å²) >= 11 is 0. The number of hydrogen-bond acceptors (Lipinski definition) is 14. The molecule has 10 amide bonds. The Morgan fingerprint density at radius 2 is 0.700 bits per heavy atom. The Bertz CT molecular complexity index is 2050. The lowest BCUT2D eigenvalue weighted by atomic mass is 9.96. The van der Waals surface area contributed by atoms with Gasteiger partial charge in [-0.05, 0) is 48.3 Å². The predicted octanol–water partition coefficient (Wildman–Crippen LogP) is -1.39. The van der Waals surface area contributed by atoms with E-state index in [-0.39, 0.29) is 90.1 Å². The molecular formula is C54H92N12O14. The van der Waals surface area contributed by atoms with Crippen LogP contribution in [0, 0.1) is 35.5 Å². The van der Waals surface area contributed by atoms with Gasteiger partial charge in [0.15, 0.2) is 0 Å². The number of carbonyl (C=O) groups is 12. The van der Waals surface area contributed by atoms with E-state index in [4.69, 9.17) is 0 Å². The number of nitrogens with zero attached hydrogens (tertiary/aromatic N) is 4. The van der Waals surface area contributed by atoms with Crippen molar-refractivity contribution in [3.63, 3.8) is 0 Å². The standard InChI is InChI=1S/C54H92N12O14/c1-13-33(11)45-51(77)57-35(23-29(3)4)47(73)55-37(25-41(69)70)49(75)61-44(32(9)10)54(80)66-21-17-64(18-22-66)28-40(68)60-46(34(12)14-2)52(78)58-36(24-30(5)6)48(74)56-38(26-42(71)72)50(76)62-43(31(7)8)53(79)65-19-15-63(16-20-65)27-39(67)59-45/h29-38,43-46H,13-28H2,1-12H3,(H,55,73)(H,56,74)(H,57,77)(H,58,78)(H,59,67)(H,60,68)(H,61,75)(H,62,76)(H,69,70)(H,71,72)/t33-,34-,35-,36-,37-,38-,43-,44-,45-,46-/m0/s1.